The van der Waals surface area contributed by atoms with Crippen molar-refractivity contribution in [2.45, 2.75) is 31.3 Å². The second-order valence-electron chi connectivity index (χ2n) is 5.35. The molecule has 5 heteroatoms. The Morgan fingerprint density at radius 3 is 2.85 bits per heavy atom. The molecular weight excluding hydrogens is 274 g/mol. The molecule has 1 aromatic carbocycles. The number of alkyl halides is 1. The third kappa shape index (κ3) is 2.58. The topological polar surface area (TPSA) is 38.1 Å². The van der Waals surface area contributed by atoms with E-state index in [2.05, 4.69) is 16.9 Å². The van der Waals surface area contributed by atoms with Crippen LogP contribution in [0.15, 0.2) is 29.1 Å². The zero-order chi connectivity index (χ0) is 14.1. The Balaban J connectivity index is 1.95. The molecule has 1 saturated carbocycles. The SMILES string of the molecule is CN(CCn1c(CCl)nc2ccccc2c1=O)C1CC1. The molecule has 4 nitrogen and oxygen atoms in total. The van der Waals surface area contributed by atoms with E-state index in [1.807, 2.05) is 24.3 Å². The summed E-state index contributed by atoms with van der Waals surface area (Å²) in [7, 11) is 2.11. The lowest BCUT2D eigenvalue weighted by Crippen LogP contribution is -2.32. The van der Waals surface area contributed by atoms with E-state index < -0.39 is 0 Å². The van der Waals surface area contributed by atoms with Crippen LogP contribution in [-0.4, -0.2) is 34.1 Å². The van der Waals surface area contributed by atoms with Crippen molar-refractivity contribution in [2.24, 2.45) is 0 Å². The Bertz CT molecular complexity index is 678. The van der Waals surface area contributed by atoms with Crippen molar-refractivity contribution in [3.63, 3.8) is 0 Å². The van der Waals surface area contributed by atoms with E-state index in [0.29, 0.717) is 23.8 Å². The van der Waals surface area contributed by atoms with Crippen LogP contribution >= 0.6 is 11.6 Å². The number of hydrogen-bond donors (Lipinski definition) is 0. The monoisotopic (exact) mass is 291 g/mol. The second-order valence-corrected chi connectivity index (χ2v) is 5.61. The summed E-state index contributed by atoms with van der Waals surface area (Å²) in [4.78, 5) is 19.4. The highest BCUT2D eigenvalue weighted by atomic mass is 35.5. The molecule has 2 aromatic rings. The summed E-state index contributed by atoms with van der Waals surface area (Å²) in [6, 6.07) is 8.13. The predicted molar refractivity (Wildman–Crippen MR) is 81.2 cm³/mol. The smallest absolute Gasteiger partial charge is 0.261 e. The van der Waals surface area contributed by atoms with Crippen molar-refractivity contribution in [2.75, 3.05) is 13.6 Å². The predicted octanol–water partition coefficient (Wildman–Crippen LogP) is 2.23. The molecule has 20 heavy (non-hydrogen) atoms. The van der Waals surface area contributed by atoms with Gasteiger partial charge >= 0.3 is 0 Å². The highest BCUT2D eigenvalue weighted by Gasteiger charge is 2.25. The summed E-state index contributed by atoms with van der Waals surface area (Å²) in [5.41, 5.74) is 0.732. The van der Waals surface area contributed by atoms with E-state index in [-0.39, 0.29) is 11.4 Å². The Morgan fingerprint density at radius 1 is 1.40 bits per heavy atom. The molecule has 0 radical (unpaired) electrons. The van der Waals surface area contributed by atoms with Gasteiger partial charge in [0.25, 0.3) is 5.56 Å². The largest absolute Gasteiger partial charge is 0.302 e. The van der Waals surface area contributed by atoms with Gasteiger partial charge in [0.1, 0.15) is 5.82 Å². The maximum absolute atomic E-state index is 12.6. The minimum Gasteiger partial charge on any atom is -0.302 e. The highest BCUT2D eigenvalue weighted by molar-refractivity contribution is 6.16. The first-order valence-corrected chi connectivity index (χ1v) is 7.49. The van der Waals surface area contributed by atoms with Crippen molar-refractivity contribution < 1.29 is 0 Å². The molecule has 1 aliphatic rings. The molecule has 1 aromatic heterocycles. The van der Waals surface area contributed by atoms with Gasteiger partial charge in [0, 0.05) is 19.1 Å². The Labute approximate surface area is 123 Å². The zero-order valence-corrected chi connectivity index (χ0v) is 12.3. The van der Waals surface area contributed by atoms with Gasteiger partial charge in [0.2, 0.25) is 0 Å². The number of rotatable bonds is 5. The van der Waals surface area contributed by atoms with Crippen LogP contribution in [0.5, 0.6) is 0 Å². The van der Waals surface area contributed by atoms with Crippen LogP contribution in [0.1, 0.15) is 18.7 Å². The van der Waals surface area contributed by atoms with E-state index >= 15 is 0 Å². The first-order valence-electron chi connectivity index (χ1n) is 6.95. The van der Waals surface area contributed by atoms with Crippen LogP contribution in [0, 0.1) is 0 Å². The fourth-order valence-corrected chi connectivity index (χ4v) is 2.71. The van der Waals surface area contributed by atoms with Crippen molar-refractivity contribution >= 4 is 22.5 Å². The molecule has 0 N–H and O–H groups in total. The minimum absolute atomic E-state index is 0.00967. The van der Waals surface area contributed by atoms with E-state index in [0.717, 1.165) is 12.1 Å². The van der Waals surface area contributed by atoms with Crippen LogP contribution in [0.3, 0.4) is 0 Å². The van der Waals surface area contributed by atoms with E-state index in [1.54, 1.807) is 4.57 Å². The first-order chi connectivity index (χ1) is 9.70. The summed E-state index contributed by atoms with van der Waals surface area (Å²) in [6.45, 7) is 1.50. The molecule has 0 atom stereocenters. The van der Waals surface area contributed by atoms with Gasteiger partial charge in [-0.15, -0.1) is 11.6 Å². The fourth-order valence-electron chi connectivity index (χ4n) is 2.50. The summed E-state index contributed by atoms with van der Waals surface area (Å²) < 4.78 is 1.72. The van der Waals surface area contributed by atoms with Crippen LogP contribution in [-0.2, 0) is 12.4 Å². The number of nitrogens with zero attached hydrogens (tertiary/aromatic N) is 3. The molecule has 1 heterocycles. The number of halogens is 1. The molecule has 1 aliphatic carbocycles. The van der Waals surface area contributed by atoms with Gasteiger partial charge in [-0.2, -0.15) is 0 Å². The van der Waals surface area contributed by atoms with Crippen LogP contribution in [0.2, 0.25) is 0 Å². The van der Waals surface area contributed by atoms with Gasteiger partial charge in [0.05, 0.1) is 16.8 Å². The molecule has 0 amide bonds. The molecule has 0 aliphatic heterocycles. The van der Waals surface area contributed by atoms with E-state index in [9.17, 15) is 4.79 Å². The quantitative estimate of drug-likeness (QED) is 0.793. The highest BCUT2D eigenvalue weighted by Crippen LogP contribution is 2.25. The Morgan fingerprint density at radius 2 is 2.15 bits per heavy atom. The first kappa shape index (κ1) is 13.6. The lowest BCUT2D eigenvalue weighted by Gasteiger charge is -2.18. The summed E-state index contributed by atoms with van der Waals surface area (Å²) in [5, 5.41) is 0.662. The molecule has 0 unspecified atom stereocenters. The number of aromatic nitrogens is 2. The number of benzene rings is 1. The average Bonchev–Trinajstić information content (AvgIpc) is 3.30. The molecule has 106 valence electrons. The summed E-state index contributed by atoms with van der Waals surface area (Å²) in [6.07, 6.45) is 2.54. The molecule has 0 bridgehead atoms. The van der Waals surface area contributed by atoms with Crippen molar-refractivity contribution in [3.8, 4) is 0 Å². The van der Waals surface area contributed by atoms with Gasteiger partial charge in [-0.1, -0.05) is 12.1 Å². The van der Waals surface area contributed by atoms with Gasteiger partial charge < -0.3 is 4.90 Å². The summed E-state index contributed by atoms with van der Waals surface area (Å²) in [5.74, 6) is 0.910. The van der Waals surface area contributed by atoms with Crippen LogP contribution in [0.4, 0.5) is 0 Å². The lowest BCUT2D eigenvalue weighted by atomic mass is 10.2. The van der Waals surface area contributed by atoms with Gasteiger partial charge in [0.15, 0.2) is 0 Å². The van der Waals surface area contributed by atoms with Crippen LogP contribution < -0.4 is 5.56 Å². The maximum Gasteiger partial charge on any atom is 0.261 e. The number of fused-ring (bicyclic) bond motifs is 1. The minimum atomic E-state index is 0.00967. The normalized spacial score (nSPS) is 15.2. The summed E-state index contributed by atoms with van der Waals surface area (Å²) >= 11 is 5.96. The standard InChI is InChI=1S/C15H18ClN3O/c1-18(11-6-7-11)8-9-19-14(10-16)17-13-5-3-2-4-12(13)15(19)20/h2-5,11H,6-10H2,1H3. The van der Waals surface area contributed by atoms with Crippen molar-refractivity contribution in [1.29, 1.82) is 0 Å². The van der Waals surface area contributed by atoms with Gasteiger partial charge in [-0.25, -0.2) is 4.98 Å². The third-order valence-electron chi connectivity index (χ3n) is 3.91. The number of likely N-dealkylation sites (N-methyl/N-ethyl adjacent to an activating group) is 1. The Kier molecular flexibility index (Phi) is 3.76. The fraction of sp³-hybridized carbons (Fsp3) is 0.467. The van der Waals surface area contributed by atoms with Crippen molar-refractivity contribution in [1.82, 2.24) is 14.5 Å². The van der Waals surface area contributed by atoms with E-state index in [1.165, 1.54) is 12.8 Å². The maximum atomic E-state index is 12.6. The van der Waals surface area contributed by atoms with Crippen molar-refractivity contribution in [3.05, 3.63) is 40.4 Å². The molecule has 1 fully saturated rings. The third-order valence-corrected chi connectivity index (χ3v) is 4.15. The molecular formula is C15H18ClN3O. The molecule has 0 saturated heterocycles. The molecule has 3 rings (SSSR count). The number of hydrogen-bond acceptors (Lipinski definition) is 3. The second kappa shape index (κ2) is 5.54. The average molecular weight is 292 g/mol. The zero-order valence-electron chi connectivity index (χ0n) is 11.6. The van der Waals surface area contributed by atoms with Crippen LogP contribution in [0.25, 0.3) is 10.9 Å². The number of para-hydroxylation sites is 1. The Hall–Kier alpha value is -1.39. The molecule has 0 spiro atoms. The van der Waals surface area contributed by atoms with E-state index in [4.69, 9.17) is 11.6 Å². The van der Waals surface area contributed by atoms with Gasteiger partial charge in [-0.3, -0.25) is 9.36 Å². The lowest BCUT2D eigenvalue weighted by molar-refractivity contribution is 0.305. The van der Waals surface area contributed by atoms with Gasteiger partial charge in [-0.05, 0) is 32.0 Å².